The Morgan fingerprint density at radius 2 is 2.14 bits per heavy atom. The Kier molecular flexibility index (Phi) is 5.47. The standard InChI is InChI=1S/C16H16IN2O8P/c17-10-6-19(16(22)18-15(10)21)14-5-11(20)13(26-14)8-25-28(23)24-7-9-3-1-2-4-12(9)27-28/h1-4,6,11,13-14,20H,5,7-8H2,(H,18,21,22)/i17-2. The van der Waals surface area contributed by atoms with Crippen molar-refractivity contribution in [3.63, 3.8) is 0 Å². The van der Waals surface area contributed by atoms with Crippen molar-refractivity contribution in [3.8, 4) is 5.75 Å². The highest BCUT2D eigenvalue weighted by Crippen LogP contribution is 2.54. The molecule has 4 atom stereocenters. The highest BCUT2D eigenvalue weighted by atomic mass is 125. The minimum Gasteiger partial charge on any atom is -0.404 e. The largest absolute Gasteiger partial charge is 0.530 e. The highest BCUT2D eigenvalue weighted by molar-refractivity contribution is 14.1. The molecule has 0 amide bonds. The van der Waals surface area contributed by atoms with Crippen LogP contribution in [0, 0.1) is 3.57 Å². The number of hydrogen-bond acceptors (Lipinski definition) is 8. The van der Waals surface area contributed by atoms with Crippen LogP contribution >= 0.6 is 30.4 Å². The average molecular weight is 520 g/mol. The van der Waals surface area contributed by atoms with Gasteiger partial charge in [0.2, 0.25) is 0 Å². The van der Waals surface area contributed by atoms with Gasteiger partial charge in [-0.05, 0) is 28.7 Å². The van der Waals surface area contributed by atoms with Crippen LogP contribution in [0.15, 0.2) is 40.1 Å². The Morgan fingerprint density at radius 1 is 1.36 bits per heavy atom. The van der Waals surface area contributed by atoms with Gasteiger partial charge in [0.25, 0.3) is 5.56 Å². The fraction of sp³-hybridized carbons (Fsp3) is 0.375. The number of aromatic amines is 1. The number of H-pyrrole nitrogens is 1. The number of aliphatic hydroxyl groups excluding tert-OH is 1. The molecule has 0 spiro atoms. The summed E-state index contributed by atoms with van der Waals surface area (Å²) in [6.07, 6.45) is -1.15. The monoisotopic (exact) mass is 520 g/mol. The Labute approximate surface area is 172 Å². The van der Waals surface area contributed by atoms with Gasteiger partial charge in [-0.1, -0.05) is 18.2 Å². The van der Waals surface area contributed by atoms with Gasteiger partial charge < -0.3 is 14.4 Å². The number of aliphatic hydroxyl groups is 1. The third-order valence-electron chi connectivity index (χ3n) is 4.40. The third-order valence-corrected chi connectivity index (χ3v) is 6.50. The topological polar surface area (TPSA) is 129 Å². The summed E-state index contributed by atoms with van der Waals surface area (Å²) in [4.78, 5) is 25.7. The number of rotatable bonds is 4. The van der Waals surface area contributed by atoms with Gasteiger partial charge in [0.15, 0.2) is 0 Å². The van der Waals surface area contributed by atoms with Crippen molar-refractivity contribution in [2.75, 3.05) is 6.61 Å². The van der Waals surface area contributed by atoms with E-state index in [-0.39, 0.29) is 19.6 Å². The van der Waals surface area contributed by atoms with Crippen LogP contribution in [0.2, 0.25) is 0 Å². The third kappa shape index (κ3) is 3.95. The molecule has 1 aromatic carbocycles. The summed E-state index contributed by atoms with van der Waals surface area (Å²) in [6, 6.07) is 7.00. The van der Waals surface area contributed by atoms with Crippen LogP contribution in [0.1, 0.15) is 18.2 Å². The van der Waals surface area contributed by atoms with Crippen molar-refractivity contribution in [1.82, 2.24) is 9.55 Å². The number of phosphoric acid groups is 1. The molecule has 0 aliphatic carbocycles. The van der Waals surface area contributed by atoms with Gasteiger partial charge >= 0.3 is 13.5 Å². The van der Waals surface area contributed by atoms with E-state index in [2.05, 4.69) is 4.98 Å². The van der Waals surface area contributed by atoms with Crippen LogP contribution in [-0.2, 0) is 25.0 Å². The molecule has 4 unspecified atom stereocenters. The number of halogens is 1. The maximum atomic E-state index is 12.6. The lowest BCUT2D eigenvalue weighted by Crippen LogP contribution is -2.33. The fourth-order valence-corrected chi connectivity index (χ4v) is 4.61. The Balaban J connectivity index is 1.43. The Morgan fingerprint density at radius 3 is 2.96 bits per heavy atom. The molecule has 1 fully saturated rings. The van der Waals surface area contributed by atoms with Gasteiger partial charge in [-0.3, -0.25) is 23.4 Å². The highest BCUT2D eigenvalue weighted by Gasteiger charge is 2.40. The van der Waals surface area contributed by atoms with Crippen LogP contribution in [0.25, 0.3) is 0 Å². The molecule has 1 aromatic heterocycles. The summed E-state index contributed by atoms with van der Waals surface area (Å²) in [5.74, 6) is 0.414. The first-order valence-electron chi connectivity index (χ1n) is 8.36. The Bertz CT molecular complexity index is 1050. The van der Waals surface area contributed by atoms with Crippen molar-refractivity contribution in [1.29, 1.82) is 0 Å². The lowest BCUT2D eigenvalue weighted by atomic mass is 10.2. The molecular weight excluding hydrogens is 504 g/mol. The minimum atomic E-state index is -3.85. The SMILES string of the molecule is O=c1[nH]c(=O)n(C2CC(O)C(COP3(=O)OCc4ccccc4O3)O2)cc1[125I]. The Hall–Kier alpha value is -1.50. The van der Waals surface area contributed by atoms with E-state index in [9.17, 15) is 19.3 Å². The molecular formula is C16H16IN2O8P. The van der Waals surface area contributed by atoms with E-state index in [0.717, 1.165) is 5.56 Å². The lowest BCUT2D eigenvalue weighted by molar-refractivity contribution is -0.0469. The number of nitrogens with zero attached hydrogens (tertiary/aromatic N) is 1. The quantitative estimate of drug-likeness (QED) is 0.459. The molecule has 0 saturated carbocycles. The number of aromatic nitrogens is 2. The summed E-state index contributed by atoms with van der Waals surface area (Å²) < 4.78 is 35.7. The zero-order valence-electron chi connectivity index (χ0n) is 14.3. The molecule has 1 saturated heterocycles. The van der Waals surface area contributed by atoms with E-state index >= 15 is 0 Å². The number of benzene rings is 1. The molecule has 4 rings (SSSR count). The predicted molar refractivity (Wildman–Crippen MR) is 104 cm³/mol. The molecule has 2 aliphatic heterocycles. The smallest absolute Gasteiger partial charge is 0.404 e. The molecule has 2 aromatic rings. The van der Waals surface area contributed by atoms with Crippen LogP contribution in [-0.4, -0.2) is 33.5 Å². The van der Waals surface area contributed by atoms with Gasteiger partial charge in [0.05, 0.1) is 22.9 Å². The molecule has 3 heterocycles. The van der Waals surface area contributed by atoms with Crippen LogP contribution < -0.4 is 15.8 Å². The average Bonchev–Trinajstić information content (AvgIpc) is 3.03. The van der Waals surface area contributed by atoms with Gasteiger partial charge in [0.1, 0.15) is 18.1 Å². The zero-order chi connectivity index (χ0) is 19.9. The van der Waals surface area contributed by atoms with Gasteiger partial charge in [-0.25, -0.2) is 9.36 Å². The van der Waals surface area contributed by atoms with E-state index in [1.807, 2.05) is 6.07 Å². The van der Waals surface area contributed by atoms with E-state index in [1.165, 1.54) is 10.8 Å². The molecule has 28 heavy (non-hydrogen) atoms. The molecule has 12 heteroatoms. The fourth-order valence-electron chi connectivity index (χ4n) is 2.95. The predicted octanol–water partition coefficient (Wildman–Crippen LogP) is 1.52. The number of para-hydroxylation sites is 1. The summed E-state index contributed by atoms with van der Waals surface area (Å²) in [7, 11) is -3.85. The van der Waals surface area contributed by atoms with Gasteiger partial charge in [-0.15, -0.1) is 0 Å². The lowest BCUT2D eigenvalue weighted by Gasteiger charge is -2.26. The summed E-state index contributed by atoms with van der Waals surface area (Å²) in [5, 5.41) is 10.2. The first kappa shape index (κ1) is 19.8. The van der Waals surface area contributed by atoms with E-state index < -0.39 is 37.5 Å². The van der Waals surface area contributed by atoms with E-state index in [4.69, 9.17) is 18.3 Å². The first-order valence-corrected chi connectivity index (χ1v) is 10.9. The van der Waals surface area contributed by atoms with Crippen molar-refractivity contribution in [3.05, 3.63) is 60.4 Å². The maximum absolute atomic E-state index is 12.6. The van der Waals surface area contributed by atoms with Crippen molar-refractivity contribution in [2.24, 2.45) is 0 Å². The first-order chi connectivity index (χ1) is 13.3. The van der Waals surface area contributed by atoms with Gasteiger partial charge in [-0.2, -0.15) is 0 Å². The summed E-state index contributed by atoms with van der Waals surface area (Å²) >= 11 is 1.80. The second-order valence-electron chi connectivity index (χ2n) is 6.29. The molecule has 0 bridgehead atoms. The molecule has 0 radical (unpaired) electrons. The van der Waals surface area contributed by atoms with E-state index in [0.29, 0.717) is 9.32 Å². The van der Waals surface area contributed by atoms with E-state index in [1.54, 1.807) is 40.8 Å². The van der Waals surface area contributed by atoms with Crippen LogP contribution in [0.3, 0.4) is 0 Å². The molecule has 2 N–H and O–H groups in total. The zero-order valence-corrected chi connectivity index (χ0v) is 17.4. The number of phosphoric ester groups is 1. The van der Waals surface area contributed by atoms with Gasteiger partial charge in [0, 0.05) is 18.2 Å². The summed E-state index contributed by atoms with van der Waals surface area (Å²) in [5.41, 5.74) is -0.389. The summed E-state index contributed by atoms with van der Waals surface area (Å²) in [6.45, 7) is -0.179. The second-order valence-corrected chi connectivity index (χ2v) is 9.05. The number of fused-ring (bicyclic) bond motifs is 1. The molecule has 2 aliphatic rings. The van der Waals surface area contributed by atoms with Crippen LogP contribution in [0.5, 0.6) is 5.75 Å². The maximum Gasteiger partial charge on any atom is 0.530 e. The molecule has 150 valence electrons. The number of ether oxygens (including phenoxy) is 1. The number of nitrogens with one attached hydrogen (secondary N) is 1. The van der Waals surface area contributed by atoms with Crippen molar-refractivity contribution < 1.29 is 28.0 Å². The normalized spacial score (nSPS) is 29.3. The molecule has 10 nitrogen and oxygen atoms in total. The van der Waals surface area contributed by atoms with Crippen molar-refractivity contribution in [2.45, 2.75) is 31.5 Å². The second kappa shape index (κ2) is 7.73. The minimum absolute atomic E-state index is 0.0787. The van der Waals surface area contributed by atoms with Crippen LogP contribution in [0.4, 0.5) is 0 Å². The van der Waals surface area contributed by atoms with Crippen molar-refractivity contribution >= 4 is 30.4 Å². The number of hydrogen-bond donors (Lipinski definition) is 2.